The average Bonchev–Trinajstić information content (AvgIpc) is 2.53. The third-order valence-corrected chi connectivity index (χ3v) is 2.92. The molecular formula is C16H15N5O2. The molecule has 0 bridgehead atoms. The molecule has 0 spiro atoms. The van der Waals surface area contributed by atoms with Crippen LogP contribution in [0.3, 0.4) is 0 Å². The van der Waals surface area contributed by atoms with E-state index in [0.717, 1.165) is 0 Å². The fourth-order valence-electron chi connectivity index (χ4n) is 2.04. The van der Waals surface area contributed by atoms with Crippen LogP contribution in [0.1, 0.15) is 22.8 Å². The number of carbonyl (C=O) groups is 2. The van der Waals surface area contributed by atoms with Crippen LogP contribution < -0.4 is 10.6 Å². The number of azide groups is 1. The standard InChI is InChI=1S/C16H15N5O2/c1-11(22)19-14-7-12(10-18-21-17)8-15(9-14)20-16(23)13-5-3-2-4-6-13/h2-9H,10H2,1H3,(H,19,22)(H,20,23). The first-order chi connectivity index (χ1) is 11.1. The molecule has 7 nitrogen and oxygen atoms in total. The second-order valence-electron chi connectivity index (χ2n) is 4.81. The summed E-state index contributed by atoms with van der Waals surface area (Å²) in [5, 5.41) is 8.91. The van der Waals surface area contributed by atoms with Crippen molar-refractivity contribution in [2.24, 2.45) is 5.11 Å². The van der Waals surface area contributed by atoms with Gasteiger partial charge in [-0.1, -0.05) is 23.3 Å². The summed E-state index contributed by atoms with van der Waals surface area (Å²) in [6.45, 7) is 1.51. The summed E-state index contributed by atoms with van der Waals surface area (Å²) in [5.41, 5.74) is 10.7. The van der Waals surface area contributed by atoms with Gasteiger partial charge >= 0.3 is 0 Å². The molecule has 0 atom stereocenters. The van der Waals surface area contributed by atoms with Crippen LogP contribution >= 0.6 is 0 Å². The van der Waals surface area contributed by atoms with Gasteiger partial charge in [0.05, 0.1) is 6.54 Å². The summed E-state index contributed by atoms with van der Waals surface area (Å²) in [6, 6.07) is 13.8. The Labute approximate surface area is 133 Å². The highest BCUT2D eigenvalue weighted by Gasteiger charge is 2.08. The Morgan fingerprint density at radius 1 is 1.09 bits per heavy atom. The van der Waals surface area contributed by atoms with Crippen molar-refractivity contribution in [1.29, 1.82) is 0 Å². The van der Waals surface area contributed by atoms with Crippen molar-refractivity contribution in [3.8, 4) is 0 Å². The second-order valence-corrected chi connectivity index (χ2v) is 4.81. The van der Waals surface area contributed by atoms with E-state index in [1.54, 1.807) is 42.5 Å². The lowest BCUT2D eigenvalue weighted by Gasteiger charge is -2.10. The number of hydrogen-bond donors (Lipinski definition) is 2. The number of amides is 2. The van der Waals surface area contributed by atoms with Gasteiger partial charge in [-0.3, -0.25) is 9.59 Å². The first kappa shape index (κ1) is 16.1. The minimum atomic E-state index is -0.264. The van der Waals surface area contributed by atoms with Gasteiger partial charge in [0.2, 0.25) is 5.91 Å². The van der Waals surface area contributed by atoms with Crippen molar-refractivity contribution in [3.63, 3.8) is 0 Å². The van der Waals surface area contributed by atoms with E-state index in [9.17, 15) is 9.59 Å². The highest BCUT2D eigenvalue weighted by molar-refractivity contribution is 6.04. The lowest BCUT2D eigenvalue weighted by Crippen LogP contribution is -2.13. The van der Waals surface area contributed by atoms with Crippen molar-refractivity contribution in [1.82, 2.24) is 0 Å². The minimum Gasteiger partial charge on any atom is -0.326 e. The number of anilines is 2. The van der Waals surface area contributed by atoms with E-state index >= 15 is 0 Å². The van der Waals surface area contributed by atoms with Crippen LogP contribution in [-0.4, -0.2) is 11.8 Å². The third-order valence-electron chi connectivity index (χ3n) is 2.92. The quantitative estimate of drug-likeness (QED) is 0.499. The van der Waals surface area contributed by atoms with E-state index in [-0.39, 0.29) is 18.4 Å². The maximum Gasteiger partial charge on any atom is 0.255 e. The van der Waals surface area contributed by atoms with Gasteiger partial charge in [0, 0.05) is 28.8 Å². The largest absolute Gasteiger partial charge is 0.326 e. The molecule has 0 aliphatic rings. The molecule has 0 aliphatic heterocycles. The maximum absolute atomic E-state index is 12.2. The van der Waals surface area contributed by atoms with Crippen LogP contribution in [0.5, 0.6) is 0 Å². The molecule has 0 aromatic heterocycles. The van der Waals surface area contributed by atoms with Crippen LogP contribution in [0.25, 0.3) is 10.4 Å². The zero-order valence-electron chi connectivity index (χ0n) is 12.5. The Bertz CT molecular complexity index is 745. The van der Waals surface area contributed by atoms with Crippen LogP contribution in [-0.2, 0) is 11.3 Å². The van der Waals surface area contributed by atoms with Crippen LogP contribution in [0.2, 0.25) is 0 Å². The van der Waals surface area contributed by atoms with E-state index in [1.807, 2.05) is 6.07 Å². The van der Waals surface area contributed by atoms with Crippen LogP contribution in [0.4, 0.5) is 11.4 Å². The normalized spacial score (nSPS) is 9.61. The van der Waals surface area contributed by atoms with Gasteiger partial charge in [-0.15, -0.1) is 0 Å². The van der Waals surface area contributed by atoms with E-state index in [1.165, 1.54) is 6.92 Å². The smallest absolute Gasteiger partial charge is 0.255 e. The maximum atomic E-state index is 12.2. The number of benzene rings is 2. The number of nitrogens with one attached hydrogen (secondary N) is 2. The molecule has 0 aliphatic carbocycles. The van der Waals surface area contributed by atoms with Crippen molar-refractivity contribution < 1.29 is 9.59 Å². The molecule has 2 aromatic carbocycles. The minimum absolute atomic E-state index is 0.123. The number of carbonyl (C=O) groups excluding carboxylic acids is 2. The van der Waals surface area contributed by atoms with Gasteiger partial charge in [0.15, 0.2) is 0 Å². The summed E-state index contributed by atoms with van der Waals surface area (Å²) in [5.74, 6) is -0.494. The Kier molecular flexibility index (Phi) is 5.33. The Morgan fingerprint density at radius 2 is 1.74 bits per heavy atom. The molecule has 23 heavy (non-hydrogen) atoms. The molecule has 0 radical (unpaired) electrons. The topological polar surface area (TPSA) is 107 Å². The molecule has 2 amide bonds. The van der Waals surface area contributed by atoms with Crippen molar-refractivity contribution in [2.75, 3.05) is 10.6 Å². The Morgan fingerprint density at radius 3 is 2.35 bits per heavy atom. The highest BCUT2D eigenvalue weighted by atomic mass is 16.2. The zero-order chi connectivity index (χ0) is 16.7. The van der Waals surface area contributed by atoms with Crippen LogP contribution in [0.15, 0.2) is 53.6 Å². The fourth-order valence-corrected chi connectivity index (χ4v) is 2.04. The van der Waals surface area contributed by atoms with Gasteiger partial charge in [-0.05, 0) is 41.4 Å². The lowest BCUT2D eigenvalue weighted by molar-refractivity contribution is -0.114. The summed E-state index contributed by atoms with van der Waals surface area (Å²) in [4.78, 5) is 26.1. The first-order valence-electron chi connectivity index (χ1n) is 6.87. The molecule has 0 saturated heterocycles. The molecule has 116 valence electrons. The van der Waals surface area contributed by atoms with E-state index in [0.29, 0.717) is 22.5 Å². The molecular weight excluding hydrogens is 294 g/mol. The highest BCUT2D eigenvalue weighted by Crippen LogP contribution is 2.21. The second kappa shape index (κ2) is 7.63. The molecule has 2 rings (SSSR count). The predicted molar refractivity (Wildman–Crippen MR) is 88.0 cm³/mol. The van der Waals surface area contributed by atoms with Gasteiger partial charge < -0.3 is 10.6 Å². The summed E-state index contributed by atoms with van der Waals surface area (Å²) < 4.78 is 0. The van der Waals surface area contributed by atoms with Crippen molar-refractivity contribution in [3.05, 3.63) is 70.1 Å². The lowest BCUT2D eigenvalue weighted by atomic mass is 10.1. The van der Waals surface area contributed by atoms with Crippen LogP contribution in [0, 0.1) is 0 Å². The Hall–Kier alpha value is -3.31. The molecule has 0 heterocycles. The summed E-state index contributed by atoms with van der Waals surface area (Å²) >= 11 is 0. The summed E-state index contributed by atoms with van der Waals surface area (Å²) in [7, 11) is 0. The van der Waals surface area contributed by atoms with E-state index < -0.39 is 0 Å². The average molecular weight is 309 g/mol. The van der Waals surface area contributed by atoms with Gasteiger partial charge in [0.1, 0.15) is 0 Å². The predicted octanol–water partition coefficient (Wildman–Crippen LogP) is 3.71. The zero-order valence-corrected chi connectivity index (χ0v) is 12.5. The fraction of sp³-hybridized carbons (Fsp3) is 0.125. The molecule has 0 saturated carbocycles. The summed E-state index contributed by atoms with van der Waals surface area (Å²) in [6.07, 6.45) is 0. The number of rotatable bonds is 5. The van der Waals surface area contributed by atoms with Gasteiger partial charge in [-0.2, -0.15) is 0 Å². The van der Waals surface area contributed by atoms with Gasteiger partial charge in [-0.25, -0.2) is 0 Å². The van der Waals surface area contributed by atoms with Crippen molar-refractivity contribution >= 4 is 23.2 Å². The number of hydrogen-bond acceptors (Lipinski definition) is 3. The third kappa shape index (κ3) is 4.87. The molecule has 0 unspecified atom stereocenters. The van der Waals surface area contributed by atoms with E-state index in [4.69, 9.17) is 5.53 Å². The SMILES string of the molecule is CC(=O)Nc1cc(CN=[N+]=[N-])cc(NC(=O)c2ccccc2)c1. The first-order valence-corrected chi connectivity index (χ1v) is 6.87. The molecule has 2 N–H and O–H groups in total. The van der Waals surface area contributed by atoms with Gasteiger partial charge in [0.25, 0.3) is 5.91 Å². The molecule has 2 aromatic rings. The number of nitrogens with zero attached hydrogens (tertiary/aromatic N) is 3. The molecule has 7 heteroatoms. The monoisotopic (exact) mass is 309 g/mol. The van der Waals surface area contributed by atoms with Crippen molar-refractivity contribution in [2.45, 2.75) is 13.5 Å². The molecule has 0 fully saturated rings. The Balaban J connectivity index is 2.26. The van der Waals surface area contributed by atoms with E-state index in [2.05, 4.69) is 20.7 Å².